The van der Waals surface area contributed by atoms with Gasteiger partial charge < -0.3 is 15.3 Å². The number of phenolic OH excluding ortho intramolecular Hbond substituents is 1. The first-order valence-corrected chi connectivity index (χ1v) is 8.16. The molecule has 2 aromatic rings. The van der Waals surface area contributed by atoms with Crippen molar-refractivity contribution in [3.63, 3.8) is 0 Å². The molecule has 24 heavy (non-hydrogen) atoms. The first kappa shape index (κ1) is 16.3. The lowest BCUT2D eigenvalue weighted by molar-refractivity contribution is 0.260. The molecule has 1 aliphatic rings. The fraction of sp³-hybridized carbons (Fsp3) is 0.368. The quantitative estimate of drug-likeness (QED) is 0.851. The molecule has 0 radical (unpaired) electrons. The van der Waals surface area contributed by atoms with E-state index in [-0.39, 0.29) is 5.75 Å². The van der Waals surface area contributed by atoms with Crippen LogP contribution in [0.25, 0.3) is 11.3 Å². The molecule has 5 nitrogen and oxygen atoms in total. The highest BCUT2D eigenvalue weighted by Gasteiger charge is 2.18. The van der Waals surface area contributed by atoms with E-state index in [0.29, 0.717) is 22.9 Å². The normalized spacial score (nSPS) is 18.1. The van der Waals surface area contributed by atoms with Gasteiger partial charge in [-0.3, -0.25) is 0 Å². The number of aryl methyl sites for hydroxylation is 1. The molecule has 1 aromatic heterocycles. The van der Waals surface area contributed by atoms with Crippen LogP contribution in [0.4, 0.5) is 5.82 Å². The van der Waals surface area contributed by atoms with Crippen molar-refractivity contribution in [3.8, 4) is 29.4 Å². The van der Waals surface area contributed by atoms with Gasteiger partial charge in [-0.1, -0.05) is 5.92 Å². The van der Waals surface area contributed by atoms with E-state index in [1.807, 2.05) is 13.0 Å². The Hall–Kier alpha value is -2.58. The van der Waals surface area contributed by atoms with Gasteiger partial charge in [-0.25, -0.2) is 0 Å². The number of aromatic hydroxyl groups is 1. The van der Waals surface area contributed by atoms with Crippen LogP contribution in [0, 0.1) is 19.3 Å². The maximum Gasteiger partial charge on any atom is 0.149 e. The number of piperidine rings is 1. The van der Waals surface area contributed by atoms with Gasteiger partial charge in [0.2, 0.25) is 0 Å². The van der Waals surface area contributed by atoms with Gasteiger partial charge in [-0.05, 0) is 63.2 Å². The second kappa shape index (κ2) is 6.90. The third-order valence-electron chi connectivity index (χ3n) is 4.38. The molecule has 1 saturated heterocycles. The van der Waals surface area contributed by atoms with Crippen LogP contribution in [0.1, 0.15) is 24.0 Å². The second-order valence-electron chi connectivity index (χ2n) is 6.38. The lowest BCUT2D eigenvalue weighted by atomic mass is 10.0. The summed E-state index contributed by atoms with van der Waals surface area (Å²) < 4.78 is 0. The van der Waals surface area contributed by atoms with Crippen LogP contribution in [0.5, 0.6) is 5.75 Å². The van der Waals surface area contributed by atoms with Crippen molar-refractivity contribution in [2.24, 2.45) is 0 Å². The summed E-state index contributed by atoms with van der Waals surface area (Å²) in [6.07, 6.45) is 7.68. The zero-order valence-electron chi connectivity index (χ0n) is 14.1. The summed E-state index contributed by atoms with van der Waals surface area (Å²) in [5.41, 5.74) is 2.91. The van der Waals surface area contributed by atoms with Gasteiger partial charge >= 0.3 is 0 Å². The van der Waals surface area contributed by atoms with Crippen molar-refractivity contribution in [1.82, 2.24) is 15.1 Å². The minimum atomic E-state index is 0.123. The Balaban J connectivity index is 1.81. The van der Waals surface area contributed by atoms with E-state index < -0.39 is 0 Å². The molecule has 1 atom stereocenters. The van der Waals surface area contributed by atoms with E-state index >= 15 is 0 Å². The van der Waals surface area contributed by atoms with Crippen molar-refractivity contribution in [2.45, 2.75) is 25.8 Å². The number of likely N-dealkylation sites (tertiary alicyclic amines) is 1. The lowest BCUT2D eigenvalue weighted by Crippen LogP contribution is -2.39. The van der Waals surface area contributed by atoms with Crippen LogP contribution in [0.3, 0.4) is 0 Å². The van der Waals surface area contributed by atoms with Crippen molar-refractivity contribution < 1.29 is 5.11 Å². The van der Waals surface area contributed by atoms with Crippen molar-refractivity contribution >= 4 is 5.82 Å². The molecular weight excluding hydrogens is 300 g/mol. The number of nitrogens with one attached hydrogen (secondary N) is 1. The van der Waals surface area contributed by atoms with Gasteiger partial charge in [0.25, 0.3) is 0 Å². The number of likely N-dealkylation sites (N-methyl/N-ethyl adjacent to an activating group) is 1. The highest BCUT2D eigenvalue weighted by Crippen LogP contribution is 2.31. The molecule has 5 heteroatoms. The molecule has 1 unspecified atom stereocenters. The number of phenols is 1. The van der Waals surface area contributed by atoms with Crippen molar-refractivity contribution in [3.05, 3.63) is 35.4 Å². The zero-order chi connectivity index (χ0) is 17.1. The Bertz CT molecular complexity index is 781. The van der Waals surface area contributed by atoms with Crippen LogP contribution in [-0.4, -0.2) is 46.4 Å². The summed E-state index contributed by atoms with van der Waals surface area (Å²) in [5.74, 6) is 3.41. The summed E-state index contributed by atoms with van der Waals surface area (Å²) in [4.78, 5) is 2.32. The van der Waals surface area contributed by atoms with Gasteiger partial charge in [0.05, 0.1) is 5.69 Å². The molecule has 0 spiro atoms. The molecule has 0 aliphatic carbocycles. The van der Waals surface area contributed by atoms with Gasteiger partial charge in [0.15, 0.2) is 0 Å². The van der Waals surface area contributed by atoms with Crippen LogP contribution >= 0.6 is 0 Å². The molecule has 1 aliphatic heterocycles. The van der Waals surface area contributed by atoms with Crippen LogP contribution in [-0.2, 0) is 0 Å². The number of anilines is 1. The van der Waals surface area contributed by atoms with Gasteiger partial charge in [0.1, 0.15) is 11.6 Å². The number of terminal acetylenes is 1. The van der Waals surface area contributed by atoms with E-state index in [1.165, 1.54) is 6.42 Å². The fourth-order valence-electron chi connectivity index (χ4n) is 3.14. The van der Waals surface area contributed by atoms with E-state index in [9.17, 15) is 5.11 Å². The minimum Gasteiger partial charge on any atom is -0.507 e. The average Bonchev–Trinajstić information content (AvgIpc) is 2.55. The van der Waals surface area contributed by atoms with Gasteiger partial charge in [0, 0.05) is 23.7 Å². The first-order valence-electron chi connectivity index (χ1n) is 8.16. The largest absolute Gasteiger partial charge is 0.507 e. The summed E-state index contributed by atoms with van der Waals surface area (Å²) >= 11 is 0. The Morgan fingerprint density at radius 1 is 1.33 bits per heavy atom. The molecule has 3 rings (SSSR count). The predicted octanol–water partition coefficient (Wildman–Crippen LogP) is 2.65. The third-order valence-corrected chi connectivity index (χ3v) is 4.38. The van der Waals surface area contributed by atoms with Crippen molar-refractivity contribution in [1.29, 1.82) is 0 Å². The number of hydrogen-bond acceptors (Lipinski definition) is 5. The molecule has 1 fully saturated rings. The number of rotatable bonds is 3. The molecule has 124 valence electrons. The van der Waals surface area contributed by atoms with Gasteiger partial charge in [-0.15, -0.1) is 16.6 Å². The molecule has 0 amide bonds. The molecule has 0 bridgehead atoms. The number of benzene rings is 1. The van der Waals surface area contributed by atoms with Crippen LogP contribution in [0.15, 0.2) is 24.3 Å². The standard InChI is InChI=1S/C19H22N4O/c1-4-14-7-8-16(17(24)11-14)19-13(2)10-18(21-22-19)20-15-6-5-9-23(3)12-15/h1,7-8,10-11,15,24H,5-6,9,12H2,2-3H3,(H,20,21). The molecule has 0 saturated carbocycles. The Morgan fingerprint density at radius 2 is 2.17 bits per heavy atom. The fourth-order valence-corrected chi connectivity index (χ4v) is 3.14. The van der Waals surface area contributed by atoms with Crippen molar-refractivity contribution in [2.75, 3.05) is 25.5 Å². The number of aromatic nitrogens is 2. The van der Waals surface area contributed by atoms with E-state index in [0.717, 1.165) is 30.9 Å². The van der Waals surface area contributed by atoms with E-state index in [4.69, 9.17) is 6.42 Å². The molecular formula is C19H22N4O. The SMILES string of the molecule is C#Cc1ccc(-c2nnc(NC3CCCN(C)C3)cc2C)c(O)c1. The minimum absolute atomic E-state index is 0.123. The summed E-state index contributed by atoms with van der Waals surface area (Å²) in [7, 11) is 2.14. The van der Waals surface area contributed by atoms with Crippen LogP contribution in [0.2, 0.25) is 0 Å². The second-order valence-corrected chi connectivity index (χ2v) is 6.38. The highest BCUT2D eigenvalue weighted by atomic mass is 16.3. The highest BCUT2D eigenvalue weighted by molar-refractivity contribution is 5.71. The third kappa shape index (κ3) is 3.50. The van der Waals surface area contributed by atoms with E-state index in [2.05, 4.69) is 33.4 Å². The predicted molar refractivity (Wildman–Crippen MR) is 95.9 cm³/mol. The average molecular weight is 322 g/mol. The van der Waals surface area contributed by atoms with E-state index in [1.54, 1.807) is 18.2 Å². The maximum atomic E-state index is 10.2. The smallest absolute Gasteiger partial charge is 0.149 e. The maximum absolute atomic E-state index is 10.2. The molecule has 2 N–H and O–H groups in total. The molecule has 2 heterocycles. The van der Waals surface area contributed by atoms with Gasteiger partial charge in [-0.2, -0.15) is 0 Å². The van der Waals surface area contributed by atoms with Crippen LogP contribution < -0.4 is 5.32 Å². The summed E-state index contributed by atoms with van der Waals surface area (Å²) in [5, 5.41) is 22.2. The number of nitrogens with zero attached hydrogens (tertiary/aromatic N) is 3. The number of hydrogen-bond donors (Lipinski definition) is 2. The Morgan fingerprint density at radius 3 is 2.83 bits per heavy atom. The summed E-state index contributed by atoms with van der Waals surface area (Å²) in [6.45, 7) is 4.13. The zero-order valence-corrected chi connectivity index (χ0v) is 14.1. The first-order chi connectivity index (χ1) is 11.6. The summed E-state index contributed by atoms with van der Waals surface area (Å²) in [6, 6.07) is 7.52. The lowest BCUT2D eigenvalue weighted by Gasteiger charge is -2.30. The Kier molecular flexibility index (Phi) is 4.68. The Labute approximate surface area is 142 Å². The monoisotopic (exact) mass is 322 g/mol. The topological polar surface area (TPSA) is 61.3 Å². The molecule has 1 aromatic carbocycles.